The molecule has 2 aromatic carbocycles. The summed E-state index contributed by atoms with van der Waals surface area (Å²) < 4.78 is 6.48. The molecule has 2 amide bonds. The highest BCUT2D eigenvalue weighted by atomic mass is 32.1. The number of nitrogens with zero attached hydrogens (tertiary/aromatic N) is 1. The van der Waals surface area contributed by atoms with Gasteiger partial charge in [0.2, 0.25) is 5.91 Å². The monoisotopic (exact) mass is 456 g/mol. The first-order valence-electron chi connectivity index (χ1n) is 9.93. The number of carbonyl (C=O) groups excluding carboxylic acids is 2. The summed E-state index contributed by atoms with van der Waals surface area (Å²) >= 11 is 6.66. The molecule has 0 radical (unpaired) electrons. The van der Waals surface area contributed by atoms with Crippen molar-refractivity contribution in [3.63, 3.8) is 0 Å². The van der Waals surface area contributed by atoms with Gasteiger partial charge in [-0.25, -0.2) is 4.98 Å². The number of anilines is 2. The molecule has 31 heavy (non-hydrogen) atoms. The molecule has 0 aliphatic heterocycles. The van der Waals surface area contributed by atoms with Gasteiger partial charge in [0, 0.05) is 17.7 Å². The molecule has 3 aromatic rings. The van der Waals surface area contributed by atoms with Crippen LogP contribution in [-0.2, 0) is 4.79 Å². The zero-order chi connectivity index (χ0) is 22.4. The molecule has 1 heterocycles. The summed E-state index contributed by atoms with van der Waals surface area (Å²) in [6.07, 6.45) is 1.31. The maximum Gasteiger partial charge on any atom is 0.257 e. The van der Waals surface area contributed by atoms with E-state index in [-0.39, 0.29) is 23.0 Å². The quantitative estimate of drug-likeness (QED) is 0.436. The molecule has 1 aromatic heterocycles. The molecule has 0 unspecified atom stereocenters. The number of aromatic nitrogens is 1. The fraction of sp³-hybridized carbons (Fsp3) is 0.273. The second-order valence-electron chi connectivity index (χ2n) is 7.10. The molecule has 0 aliphatic rings. The molecule has 3 N–H and O–H groups in total. The molecule has 3 rings (SSSR count). The summed E-state index contributed by atoms with van der Waals surface area (Å²) in [4.78, 5) is 28.6. The van der Waals surface area contributed by atoms with Crippen molar-refractivity contribution in [1.29, 1.82) is 0 Å². The van der Waals surface area contributed by atoms with Gasteiger partial charge >= 0.3 is 0 Å². The van der Waals surface area contributed by atoms with Crippen LogP contribution in [0.25, 0.3) is 10.2 Å². The van der Waals surface area contributed by atoms with Gasteiger partial charge in [0.25, 0.3) is 5.91 Å². The summed E-state index contributed by atoms with van der Waals surface area (Å²) in [5.74, 6) is 0.344. The molecule has 0 fully saturated rings. The van der Waals surface area contributed by atoms with E-state index in [1.807, 2.05) is 39.0 Å². The number of thiocarbonyl (C=S) groups is 1. The Kier molecular flexibility index (Phi) is 7.54. The van der Waals surface area contributed by atoms with E-state index in [1.54, 1.807) is 24.3 Å². The number of amides is 2. The summed E-state index contributed by atoms with van der Waals surface area (Å²) in [7, 11) is 0. The Balaban J connectivity index is 1.60. The summed E-state index contributed by atoms with van der Waals surface area (Å²) in [5, 5.41) is 9.24. The second kappa shape index (κ2) is 10.3. The van der Waals surface area contributed by atoms with Crippen molar-refractivity contribution in [3.05, 3.63) is 48.0 Å². The average Bonchev–Trinajstić information content (AvgIpc) is 3.09. The van der Waals surface area contributed by atoms with Gasteiger partial charge in [-0.3, -0.25) is 14.9 Å². The smallest absolute Gasteiger partial charge is 0.257 e. The van der Waals surface area contributed by atoms with E-state index < -0.39 is 0 Å². The number of benzene rings is 2. The number of hydrogen-bond acceptors (Lipinski definition) is 6. The number of fused-ring (bicyclic) bond motifs is 1. The van der Waals surface area contributed by atoms with E-state index in [0.717, 1.165) is 16.6 Å². The second-order valence-corrected chi connectivity index (χ2v) is 8.54. The third-order valence-corrected chi connectivity index (χ3v) is 5.22. The van der Waals surface area contributed by atoms with Crippen molar-refractivity contribution in [1.82, 2.24) is 10.3 Å². The number of nitrogens with one attached hydrogen (secondary N) is 3. The molecule has 0 aliphatic carbocycles. The van der Waals surface area contributed by atoms with E-state index in [4.69, 9.17) is 17.0 Å². The predicted octanol–water partition coefficient (Wildman–Crippen LogP) is 4.95. The molecule has 162 valence electrons. The molecule has 9 heteroatoms. The standard InChI is InChI=1S/C22H24N4O3S2/c1-4-5-19(27)25-22-24-17-11-8-15(12-18(17)31-22)23-21(30)26-20(28)14-6-9-16(10-7-14)29-13(2)3/h6-13H,4-5H2,1-3H3,(H,24,25,27)(H2,23,26,28,30). The third-order valence-electron chi connectivity index (χ3n) is 4.09. The van der Waals surface area contributed by atoms with Crippen LogP contribution in [0.5, 0.6) is 5.75 Å². The van der Waals surface area contributed by atoms with Crippen LogP contribution in [0.15, 0.2) is 42.5 Å². The normalized spacial score (nSPS) is 10.7. The van der Waals surface area contributed by atoms with Gasteiger partial charge in [-0.05, 0) is 75.0 Å². The van der Waals surface area contributed by atoms with Crippen molar-refractivity contribution in [3.8, 4) is 5.75 Å². The molecule has 7 nitrogen and oxygen atoms in total. The first-order chi connectivity index (χ1) is 14.8. The zero-order valence-corrected chi connectivity index (χ0v) is 19.2. The van der Waals surface area contributed by atoms with E-state index in [1.165, 1.54) is 11.3 Å². The van der Waals surface area contributed by atoms with Crippen molar-refractivity contribution in [2.24, 2.45) is 0 Å². The number of rotatable bonds is 7. The molecule has 0 atom stereocenters. The first-order valence-corrected chi connectivity index (χ1v) is 11.2. The lowest BCUT2D eigenvalue weighted by molar-refractivity contribution is -0.116. The lowest BCUT2D eigenvalue weighted by atomic mass is 10.2. The molecular weight excluding hydrogens is 432 g/mol. The van der Waals surface area contributed by atoms with E-state index in [9.17, 15) is 9.59 Å². The minimum absolute atomic E-state index is 0.0485. The van der Waals surface area contributed by atoms with Gasteiger partial charge in [0.1, 0.15) is 5.75 Å². The van der Waals surface area contributed by atoms with Gasteiger partial charge in [-0.15, -0.1) is 0 Å². The van der Waals surface area contributed by atoms with Crippen LogP contribution in [0, 0.1) is 0 Å². The Morgan fingerprint density at radius 3 is 2.55 bits per heavy atom. The molecular formula is C22H24N4O3S2. The Morgan fingerprint density at radius 1 is 1.13 bits per heavy atom. The van der Waals surface area contributed by atoms with Crippen molar-refractivity contribution >= 4 is 61.5 Å². The largest absolute Gasteiger partial charge is 0.491 e. The maximum absolute atomic E-state index is 12.4. The van der Waals surface area contributed by atoms with Gasteiger partial charge in [0.15, 0.2) is 10.2 Å². The van der Waals surface area contributed by atoms with Crippen LogP contribution in [0.4, 0.5) is 10.8 Å². The highest BCUT2D eigenvalue weighted by Crippen LogP contribution is 2.28. The van der Waals surface area contributed by atoms with Gasteiger partial charge in [0.05, 0.1) is 16.3 Å². The molecule has 0 saturated carbocycles. The number of thiazole rings is 1. The van der Waals surface area contributed by atoms with Crippen molar-refractivity contribution in [2.75, 3.05) is 10.6 Å². The van der Waals surface area contributed by atoms with E-state index >= 15 is 0 Å². The van der Waals surface area contributed by atoms with Crippen LogP contribution in [0.2, 0.25) is 0 Å². The lowest BCUT2D eigenvalue weighted by Crippen LogP contribution is -2.34. The van der Waals surface area contributed by atoms with Gasteiger partial charge in [-0.2, -0.15) is 0 Å². The summed E-state index contributed by atoms with van der Waals surface area (Å²) in [6, 6.07) is 12.4. The van der Waals surface area contributed by atoms with Crippen LogP contribution >= 0.6 is 23.6 Å². The fourth-order valence-electron chi connectivity index (χ4n) is 2.76. The molecule has 0 bridgehead atoms. The van der Waals surface area contributed by atoms with Crippen LogP contribution in [-0.4, -0.2) is 28.0 Å². The number of carbonyl (C=O) groups is 2. The Labute approximate surface area is 190 Å². The number of ether oxygens (including phenoxy) is 1. The maximum atomic E-state index is 12.4. The van der Waals surface area contributed by atoms with Crippen molar-refractivity contribution < 1.29 is 14.3 Å². The van der Waals surface area contributed by atoms with Gasteiger partial charge in [-0.1, -0.05) is 18.3 Å². The highest BCUT2D eigenvalue weighted by Gasteiger charge is 2.11. The lowest BCUT2D eigenvalue weighted by Gasteiger charge is -2.11. The van der Waals surface area contributed by atoms with E-state index in [0.29, 0.717) is 28.6 Å². The first kappa shape index (κ1) is 22.6. The minimum atomic E-state index is -0.312. The third kappa shape index (κ3) is 6.47. The fourth-order valence-corrected chi connectivity index (χ4v) is 3.89. The van der Waals surface area contributed by atoms with E-state index in [2.05, 4.69) is 20.9 Å². The topological polar surface area (TPSA) is 92.4 Å². The Bertz CT molecular complexity index is 1090. The molecule has 0 saturated heterocycles. The molecule has 0 spiro atoms. The highest BCUT2D eigenvalue weighted by molar-refractivity contribution is 7.80. The average molecular weight is 457 g/mol. The van der Waals surface area contributed by atoms with Gasteiger partial charge < -0.3 is 15.4 Å². The minimum Gasteiger partial charge on any atom is -0.491 e. The SMILES string of the molecule is CCCC(=O)Nc1nc2ccc(NC(=S)NC(=O)c3ccc(OC(C)C)cc3)cc2s1. The predicted molar refractivity (Wildman–Crippen MR) is 129 cm³/mol. The Morgan fingerprint density at radius 2 is 1.87 bits per heavy atom. The number of hydrogen-bond donors (Lipinski definition) is 3. The van der Waals surface area contributed by atoms with Crippen LogP contribution in [0.3, 0.4) is 0 Å². The van der Waals surface area contributed by atoms with Crippen molar-refractivity contribution in [2.45, 2.75) is 39.7 Å². The summed E-state index contributed by atoms with van der Waals surface area (Å²) in [6.45, 7) is 5.84. The van der Waals surface area contributed by atoms with Crippen LogP contribution < -0.4 is 20.7 Å². The zero-order valence-electron chi connectivity index (χ0n) is 17.5. The Hall–Kier alpha value is -3.04. The summed E-state index contributed by atoms with van der Waals surface area (Å²) in [5.41, 5.74) is 1.97. The van der Waals surface area contributed by atoms with Crippen LogP contribution in [0.1, 0.15) is 44.0 Å².